The minimum Gasteiger partial charge on any atom is -0.452 e. The van der Waals surface area contributed by atoms with Gasteiger partial charge in [0, 0.05) is 32.5 Å². The van der Waals surface area contributed by atoms with Crippen molar-refractivity contribution in [3.8, 4) is 0 Å². The molecule has 8 nitrogen and oxygen atoms in total. The van der Waals surface area contributed by atoms with E-state index in [4.69, 9.17) is 4.74 Å². The first-order valence-electron chi connectivity index (χ1n) is 10.5. The van der Waals surface area contributed by atoms with Gasteiger partial charge in [-0.2, -0.15) is 0 Å². The molecule has 0 aromatic heterocycles. The SMILES string of the molecule is CCN(CC)C(=O)COC(=O)[C@@]12CCC(=O)N1c1ccccc1C(=O)N2CC(C)C. The van der Waals surface area contributed by atoms with Gasteiger partial charge in [-0.25, -0.2) is 4.79 Å². The van der Waals surface area contributed by atoms with Crippen LogP contribution in [0.5, 0.6) is 0 Å². The van der Waals surface area contributed by atoms with E-state index in [0.717, 1.165) is 0 Å². The zero-order valence-electron chi connectivity index (χ0n) is 18.0. The molecule has 1 aromatic rings. The normalized spacial score (nSPS) is 20.3. The number of esters is 1. The Morgan fingerprint density at radius 3 is 2.47 bits per heavy atom. The van der Waals surface area contributed by atoms with E-state index in [2.05, 4.69) is 0 Å². The third-order valence-corrected chi connectivity index (χ3v) is 5.69. The Hall–Kier alpha value is -2.90. The van der Waals surface area contributed by atoms with Crippen LogP contribution in [0.15, 0.2) is 24.3 Å². The zero-order chi connectivity index (χ0) is 22.1. The number of para-hydroxylation sites is 1. The molecule has 1 fully saturated rings. The molecule has 162 valence electrons. The zero-order valence-corrected chi connectivity index (χ0v) is 18.0. The second-order valence-electron chi connectivity index (χ2n) is 8.01. The molecular formula is C22H29N3O5. The van der Waals surface area contributed by atoms with Crippen LogP contribution in [0.3, 0.4) is 0 Å². The molecule has 0 radical (unpaired) electrons. The monoisotopic (exact) mass is 415 g/mol. The summed E-state index contributed by atoms with van der Waals surface area (Å²) in [7, 11) is 0. The second kappa shape index (κ2) is 8.45. The first kappa shape index (κ1) is 21.8. The van der Waals surface area contributed by atoms with Crippen molar-refractivity contribution in [3.05, 3.63) is 29.8 Å². The fourth-order valence-corrected chi connectivity index (χ4v) is 4.28. The second-order valence-corrected chi connectivity index (χ2v) is 8.01. The number of carbonyl (C=O) groups is 4. The number of hydrogen-bond donors (Lipinski definition) is 0. The maximum absolute atomic E-state index is 13.4. The van der Waals surface area contributed by atoms with Gasteiger partial charge in [-0.05, 0) is 31.9 Å². The van der Waals surface area contributed by atoms with Crippen LogP contribution in [-0.4, -0.2) is 65.4 Å². The first-order chi connectivity index (χ1) is 14.3. The summed E-state index contributed by atoms with van der Waals surface area (Å²) < 4.78 is 5.44. The van der Waals surface area contributed by atoms with Gasteiger partial charge in [0.1, 0.15) is 0 Å². The highest BCUT2D eigenvalue weighted by Gasteiger charge is 2.62. The Morgan fingerprint density at radius 1 is 1.17 bits per heavy atom. The summed E-state index contributed by atoms with van der Waals surface area (Å²) in [6.07, 6.45) is 0.256. The summed E-state index contributed by atoms with van der Waals surface area (Å²) in [4.78, 5) is 56.4. The van der Waals surface area contributed by atoms with Gasteiger partial charge in [0.15, 0.2) is 6.61 Å². The number of nitrogens with zero attached hydrogens (tertiary/aromatic N) is 3. The number of benzene rings is 1. The van der Waals surface area contributed by atoms with Crippen LogP contribution in [0.1, 0.15) is 50.9 Å². The molecule has 0 unspecified atom stereocenters. The van der Waals surface area contributed by atoms with Crippen molar-refractivity contribution in [2.45, 2.75) is 46.2 Å². The van der Waals surface area contributed by atoms with E-state index in [0.29, 0.717) is 24.3 Å². The van der Waals surface area contributed by atoms with Crippen molar-refractivity contribution in [1.82, 2.24) is 9.80 Å². The van der Waals surface area contributed by atoms with E-state index >= 15 is 0 Å². The first-order valence-corrected chi connectivity index (χ1v) is 10.5. The van der Waals surface area contributed by atoms with Crippen molar-refractivity contribution in [3.63, 3.8) is 0 Å². The molecule has 1 saturated heterocycles. The van der Waals surface area contributed by atoms with Gasteiger partial charge in [-0.1, -0.05) is 26.0 Å². The van der Waals surface area contributed by atoms with Crippen molar-refractivity contribution in [2.75, 3.05) is 31.1 Å². The molecule has 0 spiro atoms. The van der Waals surface area contributed by atoms with E-state index < -0.39 is 18.2 Å². The average molecular weight is 415 g/mol. The van der Waals surface area contributed by atoms with Crippen molar-refractivity contribution in [1.29, 1.82) is 0 Å². The molecule has 0 N–H and O–H groups in total. The molecule has 2 heterocycles. The molecule has 0 saturated carbocycles. The Labute approximate surface area is 176 Å². The predicted molar refractivity (Wildman–Crippen MR) is 111 cm³/mol. The molecule has 0 bridgehead atoms. The summed E-state index contributed by atoms with van der Waals surface area (Å²) in [6, 6.07) is 6.80. The van der Waals surface area contributed by atoms with E-state index in [-0.39, 0.29) is 43.0 Å². The lowest BCUT2D eigenvalue weighted by molar-refractivity contribution is -0.162. The minimum atomic E-state index is -1.56. The number of carbonyl (C=O) groups excluding carboxylic acids is 4. The maximum Gasteiger partial charge on any atom is 0.354 e. The van der Waals surface area contributed by atoms with Crippen molar-refractivity contribution >= 4 is 29.4 Å². The third kappa shape index (κ3) is 3.44. The van der Waals surface area contributed by atoms with Gasteiger partial charge in [-0.15, -0.1) is 0 Å². The number of ether oxygens (including phenoxy) is 1. The van der Waals surface area contributed by atoms with Crippen molar-refractivity contribution in [2.24, 2.45) is 5.92 Å². The molecule has 2 aliphatic rings. The van der Waals surface area contributed by atoms with Gasteiger partial charge in [0.2, 0.25) is 11.6 Å². The molecule has 0 aliphatic carbocycles. The van der Waals surface area contributed by atoms with E-state index in [9.17, 15) is 19.2 Å². The molecule has 1 atom stereocenters. The quantitative estimate of drug-likeness (QED) is 0.636. The average Bonchev–Trinajstić information content (AvgIpc) is 3.08. The van der Waals surface area contributed by atoms with Gasteiger partial charge in [0.05, 0.1) is 11.3 Å². The van der Waals surface area contributed by atoms with Crippen LogP contribution < -0.4 is 4.90 Å². The summed E-state index contributed by atoms with van der Waals surface area (Å²) in [6.45, 7) is 8.46. The lowest BCUT2D eigenvalue weighted by atomic mass is 9.95. The van der Waals surface area contributed by atoms with Crippen molar-refractivity contribution < 1.29 is 23.9 Å². The fourth-order valence-electron chi connectivity index (χ4n) is 4.28. The van der Waals surface area contributed by atoms with E-state index in [1.165, 1.54) is 9.80 Å². The van der Waals surface area contributed by atoms with Crippen LogP contribution in [0.2, 0.25) is 0 Å². The van der Waals surface area contributed by atoms with Crippen LogP contribution in [-0.2, 0) is 19.1 Å². The van der Waals surface area contributed by atoms with E-state index in [1.807, 2.05) is 27.7 Å². The molecule has 1 aromatic carbocycles. The van der Waals surface area contributed by atoms with Crippen LogP contribution in [0.25, 0.3) is 0 Å². The topological polar surface area (TPSA) is 87.2 Å². The molecule has 8 heteroatoms. The molecule has 30 heavy (non-hydrogen) atoms. The fraction of sp³-hybridized carbons (Fsp3) is 0.545. The Balaban J connectivity index is 2.01. The summed E-state index contributed by atoms with van der Waals surface area (Å²) in [5.74, 6) is -1.53. The number of hydrogen-bond acceptors (Lipinski definition) is 5. The van der Waals surface area contributed by atoms with Crippen LogP contribution in [0.4, 0.5) is 5.69 Å². The minimum absolute atomic E-state index is 0.0683. The Kier molecular flexibility index (Phi) is 6.14. The van der Waals surface area contributed by atoms with E-state index in [1.54, 1.807) is 29.2 Å². The maximum atomic E-state index is 13.4. The Morgan fingerprint density at radius 2 is 1.83 bits per heavy atom. The number of anilines is 1. The number of amides is 3. The standard InChI is InChI=1S/C22H29N3O5/c1-5-23(6-2)19(27)14-30-21(29)22-12-11-18(26)25(22)17-10-8-7-9-16(17)20(28)24(22)13-15(3)4/h7-10,15H,5-6,11-14H2,1-4H3/t22-/m1/s1. The highest BCUT2D eigenvalue weighted by molar-refractivity contribution is 6.15. The van der Waals surface area contributed by atoms with Crippen LogP contribution >= 0.6 is 0 Å². The number of fused-ring (bicyclic) bond motifs is 3. The highest BCUT2D eigenvalue weighted by Crippen LogP contribution is 2.45. The Bertz CT molecular complexity index is 864. The molecular weight excluding hydrogens is 386 g/mol. The summed E-state index contributed by atoms with van der Waals surface area (Å²) >= 11 is 0. The summed E-state index contributed by atoms with van der Waals surface area (Å²) in [5.41, 5.74) is -0.760. The van der Waals surface area contributed by atoms with Crippen LogP contribution in [0, 0.1) is 5.92 Å². The predicted octanol–water partition coefficient (Wildman–Crippen LogP) is 2.03. The molecule has 3 amide bonds. The summed E-state index contributed by atoms with van der Waals surface area (Å²) in [5, 5.41) is 0. The van der Waals surface area contributed by atoms with Gasteiger partial charge >= 0.3 is 5.97 Å². The molecule has 2 aliphatic heterocycles. The molecule has 3 rings (SSSR count). The highest BCUT2D eigenvalue weighted by atomic mass is 16.5. The van der Waals surface area contributed by atoms with Gasteiger partial charge < -0.3 is 14.5 Å². The number of likely N-dealkylation sites (N-methyl/N-ethyl adjacent to an activating group) is 1. The lowest BCUT2D eigenvalue weighted by Gasteiger charge is -2.48. The lowest BCUT2D eigenvalue weighted by Crippen LogP contribution is -2.69. The van der Waals surface area contributed by atoms with Gasteiger partial charge in [0.25, 0.3) is 11.8 Å². The third-order valence-electron chi connectivity index (χ3n) is 5.69. The number of rotatable bonds is 7. The largest absolute Gasteiger partial charge is 0.452 e. The van der Waals surface area contributed by atoms with Gasteiger partial charge in [-0.3, -0.25) is 19.3 Å². The smallest absolute Gasteiger partial charge is 0.354 e.